The molecule has 41 heavy (non-hydrogen) atoms. The van der Waals surface area contributed by atoms with Crippen molar-refractivity contribution in [1.29, 1.82) is 0 Å². The summed E-state index contributed by atoms with van der Waals surface area (Å²) in [5.74, 6) is -0.548. The van der Waals surface area contributed by atoms with Crippen molar-refractivity contribution in [1.82, 2.24) is 10.0 Å². The van der Waals surface area contributed by atoms with Crippen molar-refractivity contribution < 1.29 is 27.5 Å². The van der Waals surface area contributed by atoms with E-state index < -0.39 is 28.1 Å². The number of nitrogens with one attached hydrogen (secondary N) is 2. The zero-order chi connectivity index (χ0) is 29.1. The predicted octanol–water partition coefficient (Wildman–Crippen LogP) is 4.17. The van der Waals surface area contributed by atoms with Crippen LogP contribution in [-0.4, -0.2) is 46.1 Å². The van der Waals surface area contributed by atoms with Gasteiger partial charge in [-0.1, -0.05) is 78.9 Å². The van der Waals surface area contributed by atoms with Crippen molar-refractivity contribution in [3.05, 3.63) is 132 Å². The van der Waals surface area contributed by atoms with Crippen LogP contribution in [0.3, 0.4) is 0 Å². The summed E-state index contributed by atoms with van der Waals surface area (Å²) in [6.07, 6.45) is 0.488. The van der Waals surface area contributed by atoms with Crippen LogP contribution in [0.2, 0.25) is 0 Å². The number of methoxy groups -OCH3 is 1. The standard InChI is InChI=1S/C32H32N2O6S/c1-39-28-17-19-29(20-18-28)41(37,38)34-30(22-25-13-7-3-8-14-25)32(36)40-23-27(21-24-11-5-2-6-12-24)33-31(35)26-15-9-4-10-16-26/h2-20,27,30,34H,21-23H2,1H3,(H,33,35). The third-order valence-electron chi connectivity index (χ3n) is 6.36. The molecule has 0 saturated carbocycles. The number of ether oxygens (including phenoxy) is 2. The minimum atomic E-state index is -4.07. The number of carbonyl (C=O) groups excluding carboxylic acids is 2. The molecule has 9 heteroatoms. The molecule has 4 aromatic carbocycles. The van der Waals surface area contributed by atoms with Crippen LogP contribution in [0.15, 0.2) is 120 Å². The second-order valence-electron chi connectivity index (χ2n) is 9.40. The Kier molecular flexibility index (Phi) is 10.3. The van der Waals surface area contributed by atoms with Gasteiger partial charge in [-0.05, 0) is 60.4 Å². The van der Waals surface area contributed by atoms with Gasteiger partial charge in [-0.2, -0.15) is 4.72 Å². The van der Waals surface area contributed by atoms with Crippen LogP contribution < -0.4 is 14.8 Å². The maximum atomic E-state index is 13.4. The van der Waals surface area contributed by atoms with Gasteiger partial charge in [0.15, 0.2) is 0 Å². The zero-order valence-electron chi connectivity index (χ0n) is 22.6. The van der Waals surface area contributed by atoms with Crippen LogP contribution >= 0.6 is 0 Å². The van der Waals surface area contributed by atoms with Crippen LogP contribution in [0.4, 0.5) is 0 Å². The van der Waals surface area contributed by atoms with Crippen molar-refractivity contribution in [2.75, 3.05) is 13.7 Å². The van der Waals surface area contributed by atoms with Crippen molar-refractivity contribution in [2.24, 2.45) is 0 Å². The Balaban J connectivity index is 1.51. The Morgan fingerprint density at radius 1 is 0.732 bits per heavy atom. The van der Waals surface area contributed by atoms with Crippen LogP contribution in [0.25, 0.3) is 0 Å². The van der Waals surface area contributed by atoms with Crippen LogP contribution in [-0.2, 0) is 32.4 Å². The van der Waals surface area contributed by atoms with E-state index in [2.05, 4.69) is 10.0 Å². The highest BCUT2D eigenvalue weighted by atomic mass is 32.2. The lowest BCUT2D eigenvalue weighted by atomic mass is 10.1. The summed E-state index contributed by atoms with van der Waals surface area (Å²) in [5.41, 5.74) is 2.18. The number of amides is 1. The molecule has 2 atom stereocenters. The van der Waals surface area contributed by atoms with Gasteiger partial charge in [-0.25, -0.2) is 8.42 Å². The van der Waals surface area contributed by atoms with E-state index in [1.807, 2.05) is 54.6 Å². The average molecular weight is 573 g/mol. The van der Waals surface area contributed by atoms with Gasteiger partial charge in [0.2, 0.25) is 10.0 Å². The SMILES string of the molecule is COc1ccc(S(=O)(=O)NC(Cc2ccccc2)C(=O)OCC(Cc2ccccc2)NC(=O)c2ccccc2)cc1. The quantitative estimate of drug-likeness (QED) is 0.233. The van der Waals surface area contributed by atoms with Crippen LogP contribution in [0.5, 0.6) is 5.75 Å². The highest BCUT2D eigenvalue weighted by Gasteiger charge is 2.28. The maximum absolute atomic E-state index is 13.4. The third kappa shape index (κ3) is 8.76. The fourth-order valence-corrected chi connectivity index (χ4v) is 5.41. The fourth-order valence-electron chi connectivity index (χ4n) is 4.22. The summed E-state index contributed by atoms with van der Waals surface area (Å²) in [7, 11) is -2.58. The Bertz CT molecular complexity index is 1510. The summed E-state index contributed by atoms with van der Waals surface area (Å²) in [5, 5.41) is 2.94. The van der Waals surface area contributed by atoms with E-state index in [4.69, 9.17) is 9.47 Å². The Morgan fingerprint density at radius 2 is 1.27 bits per heavy atom. The Hall–Kier alpha value is -4.47. The van der Waals surface area contributed by atoms with E-state index in [1.54, 1.807) is 36.4 Å². The minimum absolute atomic E-state index is 0.0127. The number of hydrogen-bond donors (Lipinski definition) is 2. The molecule has 4 rings (SSSR count). The molecule has 0 aliphatic heterocycles. The first-order valence-electron chi connectivity index (χ1n) is 13.1. The molecule has 0 spiro atoms. The largest absolute Gasteiger partial charge is 0.497 e. The van der Waals surface area contributed by atoms with Crippen molar-refractivity contribution in [3.8, 4) is 5.75 Å². The number of rotatable bonds is 13. The Labute approximate surface area is 240 Å². The molecule has 1 amide bonds. The molecule has 0 aliphatic rings. The second-order valence-corrected chi connectivity index (χ2v) is 11.1. The highest BCUT2D eigenvalue weighted by Crippen LogP contribution is 2.17. The number of benzene rings is 4. The zero-order valence-corrected chi connectivity index (χ0v) is 23.4. The van der Waals surface area contributed by atoms with Crippen molar-refractivity contribution in [3.63, 3.8) is 0 Å². The average Bonchev–Trinajstić information content (AvgIpc) is 3.00. The topological polar surface area (TPSA) is 111 Å². The second kappa shape index (κ2) is 14.2. The van der Waals surface area contributed by atoms with Gasteiger partial charge in [-0.15, -0.1) is 0 Å². The van der Waals surface area contributed by atoms with Gasteiger partial charge in [-0.3, -0.25) is 9.59 Å². The molecular formula is C32H32N2O6S. The van der Waals surface area contributed by atoms with Crippen LogP contribution in [0, 0.1) is 0 Å². The summed E-state index contributed by atoms with van der Waals surface area (Å²) in [6.45, 7) is -0.151. The summed E-state index contributed by atoms with van der Waals surface area (Å²) in [4.78, 5) is 26.3. The number of carbonyl (C=O) groups is 2. The van der Waals surface area contributed by atoms with E-state index in [9.17, 15) is 18.0 Å². The molecule has 0 radical (unpaired) electrons. The van der Waals surface area contributed by atoms with Gasteiger partial charge in [0.25, 0.3) is 5.91 Å². The van der Waals surface area contributed by atoms with E-state index >= 15 is 0 Å². The van der Waals surface area contributed by atoms with Gasteiger partial charge in [0.1, 0.15) is 18.4 Å². The smallest absolute Gasteiger partial charge is 0.324 e. The first-order chi connectivity index (χ1) is 19.8. The molecule has 4 aromatic rings. The molecule has 212 valence electrons. The van der Waals surface area contributed by atoms with Crippen molar-refractivity contribution >= 4 is 21.9 Å². The first-order valence-corrected chi connectivity index (χ1v) is 14.6. The fraction of sp³-hybridized carbons (Fsp3) is 0.188. The maximum Gasteiger partial charge on any atom is 0.324 e. The molecular weight excluding hydrogens is 540 g/mol. The van der Waals surface area contributed by atoms with Crippen molar-refractivity contribution in [2.45, 2.75) is 29.8 Å². The van der Waals surface area contributed by atoms with E-state index in [0.29, 0.717) is 17.7 Å². The highest BCUT2D eigenvalue weighted by molar-refractivity contribution is 7.89. The number of sulfonamides is 1. The lowest BCUT2D eigenvalue weighted by Gasteiger charge is -2.22. The monoisotopic (exact) mass is 572 g/mol. The van der Waals surface area contributed by atoms with E-state index in [0.717, 1.165) is 11.1 Å². The molecule has 2 unspecified atom stereocenters. The normalized spacial score (nSPS) is 12.6. The molecule has 0 aromatic heterocycles. The third-order valence-corrected chi connectivity index (χ3v) is 7.84. The molecule has 8 nitrogen and oxygen atoms in total. The summed E-state index contributed by atoms with van der Waals surface area (Å²) >= 11 is 0. The predicted molar refractivity (Wildman–Crippen MR) is 156 cm³/mol. The van der Waals surface area contributed by atoms with Gasteiger partial charge in [0.05, 0.1) is 18.0 Å². The minimum Gasteiger partial charge on any atom is -0.497 e. The van der Waals surface area contributed by atoms with Crippen LogP contribution in [0.1, 0.15) is 21.5 Å². The van der Waals surface area contributed by atoms with Gasteiger partial charge >= 0.3 is 5.97 Å². The molecule has 0 saturated heterocycles. The molecule has 0 heterocycles. The van der Waals surface area contributed by atoms with E-state index in [-0.39, 0.29) is 23.8 Å². The summed E-state index contributed by atoms with van der Waals surface area (Å²) < 4.78 is 39.7. The van der Waals surface area contributed by atoms with Gasteiger partial charge in [0, 0.05) is 5.56 Å². The lowest BCUT2D eigenvalue weighted by molar-refractivity contribution is -0.146. The molecule has 0 fully saturated rings. The number of esters is 1. The summed E-state index contributed by atoms with van der Waals surface area (Å²) in [6, 6.07) is 31.5. The lowest BCUT2D eigenvalue weighted by Crippen LogP contribution is -2.46. The Morgan fingerprint density at radius 3 is 1.83 bits per heavy atom. The van der Waals surface area contributed by atoms with Gasteiger partial charge < -0.3 is 14.8 Å². The molecule has 0 aliphatic carbocycles. The molecule has 2 N–H and O–H groups in total. The molecule has 0 bridgehead atoms. The van der Waals surface area contributed by atoms with E-state index in [1.165, 1.54) is 31.4 Å². The first kappa shape index (κ1) is 29.5. The number of hydrogen-bond acceptors (Lipinski definition) is 6.